The van der Waals surface area contributed by atoms with Crippen LogP contribution in [0.4, 0.5) is 0 Å². The van der Waals surface area contributed by atoms with Gasteiger partial charge < -0.3 is 10.0 Å². The van der Waals surface area contributed by atoms with E-state index in [1.54, 1.807) is 9.58 Å². The Morgan fingerprint density at radius 1 is 1.33 bits per heavy atom. The summed E-state index contributed by atoms with van der Waals surface area (Å²) in [5.74, 6) is -1.76. The van der Waals surface area contributed by atoms with Crippen LogP contribution in [0.1, 0.15) is 50.2 Å². The minimum atomic E-state index is -0.928. The molecule has 1 amide bonds. The van der Waals surface area contributed by atoms with Crippen LogP contribution in [0.2, 0.25) is 0 Å². The Labute approximate surface area is 124 Å². The third-order valence-electron chi connectivity index (χ3n) is 4.22. The van der Waals surface area contributed by atoms with E-state index in [0.29, 0.717) is 0 Å². The molecule has 0 aromatic carbocycles. The average Bonchev–Trinajstić information content (AvgIpc) is 2.77. The second-order valence-corrected chi connectivity index (χ2v) is 6.74. The molecule has 1 saturated heterocycles. The summed E-state index contributed by atoms with van der Waals surface area (Å²) in [4.78, 5) is 25.7. The highest BCUT2D eigenvalue weighted by molar-refractivity contribution is 5.88. The van der Waals surface area contributed by atoms with Crippen molar-refractivity contribution in [3.8, 4) is 0 Å². The smallest absolute Gasteiger partial charge is 0.309 e. The molecule has 1 aliphatic rings. The molecule has 0 bridgehead atoms. The molecule has 1 aromatic rings. The Hall–Kier alpha value is -1.85. The third kappa shape index (κ3) is 2.43. The number of aryl methyl sites for hydroxylation is 2. The van der Waals surface area contributed by atoms with Gasteiger partial charge in [-0.15, -0.1) is 0 Å². The van der Waals surface area contributed by atoms with Gasteiger partial charge in [0.05, 0.1) is 17.7 Å². The van der Waals surface area contributed by atoms with Crippen LogP contribution in [0.25, 0.3) is 0 Å². The Balaban J connectivity index is 2.63. The van der Waals surface area contributed by atoms with Gasteiger partial charge in [0.15, 0.2) is 0 Å². The van der Waals surface area contributed by atoms with E-state index in [2.05, 4.69) is 5.10 Å². The molecule has 6 nitrogen and oxygen atoms in total. The molecule has 1 N–H and O–H groups in total. The van der Waals surface area contributed by atoms with Crippen LogP contribution in [-0.2, 0) is 16.6 Å². The van der Waals surface area contributed by atoms with E-state index >= 15 is 0 Å². The molecule has 116 valence electrons. The van der Waals surface area contributed by atoms with Gasteiger partial charge in [0.1, 0.15) is 0 Å². The summed E-state index contributed by atoms with van der Waals surface area (Å²) < 4.78 is 1.74. The van der Waals surface area contributed by atoms with E-state index in [9.17, 15) is 14.7 Å². The van der Waals surface area contributed by atoms with Crippen molar-refractivity contribution in [2.45, 2.75) is 52.6 Å². The zero-order chi connectivity index (χ0) is 16.1. The molecule has 2 unspecified atom stereocenters. The van der Waals surface area contributed by atoms with E-state index in [4.69, 9.17) is 0 Å². The summed E-state index contributed by atoms with van der Waals surface area (Å²) in [6, 6.07) is -0.455. The Kier molecular flexibility index (Phi) is 3.59. The SMILES string of the molecule is Cc1nn(C)c(C)c1C1C(C(=O)O)CC(=O)N1C(C)(C)C. The number of carbonyl (C=O) groups excluding carboxylic acids is 1. The number of rotatable bonds is 2. The molecule has 2 rings (SSSR count). The first kappa shape index (κ1) is 15.5. The van der Waals surface area contributed by atoms with Crippen LogP contribution in [0.5, 0.6) is 0 Å². The van der Waals surface area contributed by atoms with Crippen molar-refractivity contribution in [1.29, 1.82) is 0 Å². The van der Waals surface area contributed by atoms with E-state index in [-0.39, 0.29) is 12.3 Å². The number of aromatic nitrogens is 2. The first-order chi connectivity index (χ1) is 9.55. The minimum absolute atomic E-state index is 0.0467. The largest absolute Gasteiger partial charge is 0.481 e. The predicted octanol–water partition coefficient (Wildman–Crippen LogP) is 1.81. The second kappa shape index (κ2) is 4.86. The van der Waals surface area contributed by atoms with Crippen molar-refractivity contribution in [2.24, 2.45) is 13.0 Å². The van der Waals surface area contributed by atoms with Crippen molar-refractivity contribution in [3.63, 3.8) is 0 Å². The van der Waals surface area contributed by atoms with Crippen LogP contribution in [0.15, 0.2) is 0 Å². The molecule has 0 spiro atoms. The van der Waals surface area contributed by atoms with Crippen LogP contribution >= 0.6 is 0 Å². The van der Waals surface area contributed by atoms with Gasteiger partial charge in [0.25, 0.3) is 0 Å². The summed E-state index contributed by atoms with van der Waals surface area (Å²) in [5.41, 5.74) is 2.13. The molecule has 1 aromatic heterocycles. The lowest BCUT2D eigenvalue weighted by atomic mass is 9.90. The quantitative estimate of drug-likeness (QED) is 0.902. The summed E-state index contributed by atoms with van der Waals surface area (Å²) in [5, 5.41) is 13.9. The summed E-state index contributed by atoms with van der Waals surface area (Å²) >= 11 is 0. The second-order valence-electron chi connectivity index (χ2n) is 6.74. The maximum absolute atomic E-state index is 12.4. The number of aliphatic carboxylic acids is 1. The fourth-order valence-corrected chi connectivity index (χ4v) is 3.30. The Morgan fingerprint density at radius 2 is 1.90 bits per heavy atom. The van der Waals surface area contributed by atoms with Crippen LogP contribution < -0.4 is 0 Å². The lowest BCUT2D eigenvalue weighted by Gasteiger charge is -2.38. The summed E-state index contributed by atoms with van der Waals surface area (Å²) in [6.45, 7) is 9.58. The molecule has 2 atom stereocenters. The maximum Gasteiger partial charge on any atom is 0.309 e. The van der Waals surface area contributed by atoms with E-state index in [1.165, 1.54) is 0 Å². The fourth-order valence-electron chi connectivity index (χ4n) is 3.30. The van der Waals surface area contributed by atoms with Crippen LogP contribution in [0, 0.1) is 19.8 Å². The first-order valence-corrected chi connectivity index (χ1v) is 7.10. The molecule has 0 aliphatic carbocycles. The highest BCUT2D eigenvalue weighted by Gasteiger charge is 2.50. The maximum atomic E-state index is 12.4. The molecule has 2 heterocycles. The highest BCUT2D eigenvalue weighted by atomic mass is 16.4. The van der Waals surface area contributed by atoms with E-state index in [1.807, 2.05) is 41.7 Å². The molecule has 0 radical (unpaired) electrons. The Bertz CT molecular complexity index is 598. The molecular weight excluding hydrogens is 270 g/mol. The lowest BCUT2D eigenvalue weighted by molar-refractivity contribution is -0.142. The number of likely N-dealkylation sites (tertiary alicyclic amines) is 1. The molecule has 1 fully saturated rings. The Morgan fingerprint density at radius 3 is 2.29 bits per heavy atom. The standard InChI is InChI=1S/C15H23N3O3/c1-8-12(9(2)17(6)16-8)13-10(14(20)21)7-11(19)18(13)15(3,4)5/h10,13H,7H2,1-6H3,(H,20,21). The van der Waals surface area contributed by atoms with Gasteiger partial charge in [-0.1, -0.05) is 0 Å². The van der Waals surface area contributed by atoms with Gasteiger partial charge in [-0.25, -0.2) is 0 Å². The molecule has 0 saturated carbocycles. The van der Waals surface area contributed by atoms with Crippen molar-refractivity contribution < 1.29 is 14.7 Å². The number of hydrogen-bond acceptors (Lipinski definition) is 3. The predicted molar refractivity (Wildman–Crippen MR) is 77.8 cm³/mol. The highest BCUT2D eigenvalue weighted by Crippen LogP contribution is 2.44. The zero-order valence-electron chi connectivity index (χ0n) is 13.5. The van der Waals surface area contributed by atoms with E-state index < -0.39 is 23.5 Å². The first-order valence-electron chi connectivity index (χ1n) is 7.10. The minimum Gasteiger partial charge on any atom is -0.481 e. The monoisotopic (exact) mass is 293 g/mol. The van der Waals surface area contributed by atoms with Gasteiger partial charge in [-0.2, -0.15) is 5.10 Å². The topological polar surface area (TPSA) is 75.4 Å². The number of hydrogen-bond donors (Lipinski definition) is 1. The number of nitrogens with zero attached hydrogens (tertiary/aromatic N) is 3. The van der Waals surface area contributed by atoms with Gasteiger partial charge in [0.2, 0.25) is 5.91 Å². The number of carboxylic acid groups (broad SMARTS) is 1. The number of carboxylic acids is 1. The zero-order valence-corrected chi connectivity index (χ0v) is 13.5. The van der Waals surface area contributed by atoms with Crippen molar-refractivity contribution in [2.75, 3.05) is 0 Å². The molecule has 6 heteroatoms. The molecule has 21 heavy (non-hydrogen) atoms. The fraction of sp³-hybridized carbons (Fsp3) is 0.667. The number of amides is 1. The summed E-state index contributed by atoms with van der Waals surface area (Å²) in [6.07, 6.45) is 0.0467. The summed E-state index contributed by atoms with van der Waals surface area (Å²) in [7, 11) is 1.83. The normalized spacial score (nSPS) is 23.0. The van der Waals surface area contributed by atoms with Crippen LogP contribution in [-0.4, -0.2) is 37.2 Å². The van der Waals surface area contributed by atoms with Crippen LogP contribution in [0.3, 0.4) is 0 Å². The van der Waals surface area contributed by atoms with Crippen molar-refractivity contribution in [1.82, 2.24) is 14.7 Å². The average molecular weight is 293 g/mol. The number of carbonyl (C=O) groups is 2. The van der Waals surface area contributed by atoms with E-state index in [0.717, 1.165) is 17.0 Å². The van der Waals surface area contributed by atoms with Gasteiger partial charge in [0, 0.05) is 30.3 Å². The molecular formula is C15H23N3O3. The van der Waals surface area contributed by atoms with Gasteiger partial charge >= 0.3 is 5.97 Å². The lowest BCUT2D eigenvalue weighted by Crippen LogP contribution is -2.44. The van der Waals surface area contributed by atoms with Crippen molar-refractivity contribution >= 4 is 11.9 Å². The van der Waals surface area contributed by atoms with Crippen molar-refractivity contribution in [3.05, 3.63) is 17.0 Å². The van der Waals surface area contributed by atoms with Gasteiger partial charge in [-0.3, -0.25) is 14.3 Å². The third-order valence-corrected chi connectivity index (χ3v) is 4.22. The van der Waals surface area contributed by atoms with Gasteiger partial charge in [-0.05, 0) is 34.6 Å². The molecule has 1 aliphatic heterocycles.